The van der Waals surface area contributed by atoms with Crippen LogP contribution in [0.3, 0.4) is 0 Å². The molecule has 2 aromatic rings. The first-order valence-electron chi connectivity index (χ1n) is 5.48. The molecule has 4 nitrogen and oxygen atoms in total. The summed E-state index contributed by atoms with van der Waals surface area (Å²) in [5.41, 5.74) is 2.02. The van der Waals surface area contributed by atoms with Gasteiger partial charge in [0.15, 0.2) is 5.16 Å². The lowest BCUT2D eigenvalue weighted by atomic mass is 10.2. The molecule has 0 saturated heterocycles. The number of hydrogen-bond acceptors (Lipinski definition) is 4. The van der Waals surface area contributed by atoms with Crippen molar-refractivity contribution in [3.05, 3.63) is 45.7 Å². The van der Waals surface area contributed by atoms with E-state index in [0.29, 0.717) is 9.63 Å². The first kappa shape index (κ1) is 14.0. The molecule has 19 heavy (non-hydrogen) atoms. The van der Waals surface area contributed by atoms with Gasteiger partial charge in [0.05, 0.1) is 5.56 Å². The molecule has 1 aromatic carbocycles. The van der Waals surface area contributed by atoms with Crippen molar-refractivity contribution in [2.45, 2.75) is 23.9 Å². The van der Waals surface area contributed by atoms with Crippen molar-refractivity contribution in [3.8, 4) is 0 Å². The van der Waals surface area contributed by atoms with Crippen LogP contribution >= 0.6 is 27.7 Å². The van der Waals surface area contributed by atoms with E-state index in [-0.39, 0.29) is 5.56 Å². The molecular weight excluding hydrogens is 328 g/mol. The van der Waals surface area contributed by atoms with Crippen molar-refractivity contribution in [1.82, 2.24) is 9.97 Å². The molecule has 0 radical (unpaired) electrons. The third-order valence-corrected chi connectivity index (χ3v) is 3.89. The Labute approximate surface area is 123 Å². The van der Waals surface area contributed by atoms with E-state index in [1.807, 2.05) is 26.0 Å². The van der Waals surface area contributed by atoms with Crippen molar-refractivity contribution in [3.63, 3.8) is 0 Å². The van der Waals surface area contributed by atoms with E-state index >= 15 is 0 Å². The van der Waals surface area contributed by atoms with Crippen molar-refractivity contribution in [1.29, 1.82) is 0 Å². The molecule has 0 saturated carbocycles. The van der Waals surface area contributed by atoms with Crippen LogP contribution in [0.2, 0.25) is 0 Å². The smallest absolute Gasteiger partial charge is 0.336 e. The van der Waals surface area contributed by atoms with Gasteiger partial charge in [-0.1, -0.05) is 0 Å². The highest BCUT2D eigenvalue weighted by molar-refractivity contribution is 9.10. The molecule has 6 heteroatoms. The summed E-state index contributed by atoms with van der Waals surface area (Å²) < 4.78 is 0.561. The molecule has 0 atom stereocenters. The second kappa shape index (κ2) is 5.71. The molecule has 0 unspecified atom stereocenters. The molecule has 98 valence electrons. The highest BCUT2D eigenvalue weighted by Crippen LogP contribution is 2.28. The van der Waals surface area contributed by atoms with Crippen molar-refractivity contribution >= 4 is 33.7 Å². The third-order valence-electron chi connectivity index (χ3n) is 2.34. The minimum absolute atomic E-state index is 0.231. The maximum Gasteiger partial charge on any atom is 0.336 e. The van der Waals surface area contributed by atoms with Gasteiger partial charge in [-0.25, -0.2) is 14.8 Å². The highest BCUT2D eigenvalue weighted by Gasteiger charge is 2.10. The lowest BCUT2D eigenvalue weighted by Gasteiger charge is -2.05. The Morgan fingerprint density at radius 2 is 1.84 bits per heavy atom. The van der Waals surface area contributed by atoms with Crippen LogP contribution in [0.5, 0.6) is 0 Å². The van der Waals surface area contributed by atoms with Crippen molar-refractivity contribution in [2.75, 3.05) is 0 Å². The van der Waals surface area contributed by atoms with Gasteiger partial charge in [-0.15, -0.1) is 0 Å². The summed E-state index contributed by atoms with van der Waals surface area (Å²) in [5, 5.41) is 9.70. The minimum Gasteiger partial charge on any atom is -0.478 e. The zero-order chi connectivity index (χ0) is 14.0. The molecule has 0 aliphatic rings. The number of halogens is 1. The lowest BCUT2D eigenvalue weighted by Crippen LogP contribution is -1.98. The Bertz CT molecular complexity index is 626. The average Bonchev–Trinajstić information content (AvgIpc) is 2.30. The largest absolute Gasteiger partial charge is 0.478 e. The molecule has 2 rings (SSSR count). The number of rotatable bonds is 3. The zero-order valence-electron chi connectivity index (χ0n) is 10.3. The predicted molar refractivity (Wildman–Crippen MR) is 76.7 cm³/mol. The molecule has 1 aromatic heterocycles. The molecular formula is C13H11BrN2O2S. The van der Waals surface area contributed by atoms with Gasteiger partial charge in [0.1, 0.15) is 0 Å². The standard InChI is InChI=1S/C13H11BrN2O2S/c1-7-5-8(2)16-13(15-7)19-9-3-4-11(14)10(6-9)12(17)18/h3-6H,1-2H3,(H,17,18). The fourth-order valence-electron chi connectivity index (χ4n) is 1.58. The first-order valence-corrected chi connectivity index (χ1v) is 7.09. The second-order valence-corrected chi connectivity index (χ2v) is 5.88. The first-order chi connectivity index (χ1) is 8.95. The summed E-state index contributed by atoms with van der Waals surface area (Å²) in [5.74, 6) is -0.962. The van der Waals surface area contributed by atoms with Crippen LogP contribution in [0.15, 0.2) is 38.8 Å². The van der Waals surface area contributed by atoms with Gasteiger partial charge in [0.25, 0.3) is 0 Å². The molecule has 1 heterocycles. The van der Waals surface area contributed by atoms with Gasteiger partial charge in [-0.3, -0.25) is 0 Å². The Morgan fingerprint density at radius 1 is 1.21 bits per heavy atom. The Balaban J connectivity index is 2.33. The summed E-state index contributed by atoms with van der Waals surface area (Å²) >= 11 is 4.57. The molecule has 0 amide bonds. The quantitative estimate of drug-likeness (QED) is 0.864. The second-order valence-electron chi connectivity index (χ2n) is 3.98. The zero-order valence-corrected chi connectivity index (χ0v) is 12.7. The van der Waals surface area contributed by atoms with Crippen molar-refractivity contribution in [2.24, 2.45) is 0 Å². The van der Waals surface area contributed by atoms with E-state index in [1.54, 1.807) is 12.1 Å². The van der Waals surface area contributed by atoms with Gasteiger partial charge in [0.2, 0.25) is 0 Å². The molecule has 0 aliphatic carbocycles. The molecule has 0 fully saturated rings. The van der Waals surface area contributed by atoms with Crippen LogP contribution in [0, 0.1) is 13.8 Å². The molecule has 0 bridgehead atoms. The minimum atomic E-state index is -0.962. The van der Waals surface area contributed by atoms with Crippen LogP contribution in [-0.4, -0.2) is 21.0 Å². The number of benzene rings is 1. The van der Waals surface area contributed by atoms with Crippen LogP contribution < -0.4 is 0 Å². The van der Waals surface area contributed by atoms with E-state index in [0.717, 1.165) is 16.3 Å². The van der Waals surface area contributed by atoms with Gasteiger partial charge in [-0.2, -0.15) is 0 Å². The summed E-state index contributed by atoms with van der Waals surface area (Å²) in [7, 11) is 0. The Hall–Kier alpha value is -1.40. The van der Waals surface area contributed by atoms with Crippen LogP contribution in [0.25, 0.3) is 0 Å². The average molecular weight is 339 g/mol. The summed E-state index contributed by atoms with van der Waals surface area (Å²) in [4.78, 5) is 20.5. The fourth-order valence-corrected chi connectivity index (χ4v) is 2.90. The maximum atomic E-state index is 11.1. The molecule has 0 spiro atoms. The van der Waals surface area contributed by atoms with E-state index in [2.05, 4.69) is 25.9 Å². The van der Waals surface area contributed by atoms with Gasteiger partial charge >= 0.3 is 5.97 Å². The number of carboxylic acids is 1. The number of aryl methyl sites for hydroxylation is 2. The number of carbonyl (C=O) groups is 1. The Kier molecular flexibility index (Phi) is 4.21. The maximum absolute atomic E-state index is 11.1. The van der Waals surface area contributed by atoms with E-state index in [4.69, 9.17) is 5.11 Å². The van der Waals surface area contributed by atoms with Crippen molar-refractivity contribution < 1.29 is 9.90 Å². The normalized spacial score (nSPS) is 10.5. The van der Waals surface area contributed by atoms with Crippen LogP contribution in [0.4, 0.5) is 0 Å². The number of aromatic nitrogens is 2. The number of carboxylic acid groups (broad SMARTS) is 1. The third kappa shape index (κ3) is 3.54. The summed E-state index contributed by atoms with van der Waals surface area (Å²) in [6.45, 7) is 3.81. The number of hydrogen-bond donors (Lipinski definition) is 1. The highest BCUT2D eigenvalue weighted by atomic mass is 79.9. The SMILES string of the molecule is Cc1cc(C)nc(Sc2ccc(Br)c(C(=O)O)c2)n1. The van der Waals surface area contributed by atoms with Crippen LogP contribution in [-0.2, 0) is 0 Å². The number of nitrogens with zero attached hydrogens (tertiary/aromatic N) is 2. The Morgan fingerprint density at radius 3 is 2.42 bits per heavy atom. The van der Waals surface area contributed by atoms with Gasteiger partial charge in [0, 0.05) is 20.8 Å². The molecule has 0 aliphatic heterocycles. The monoisotopic (exact) mass is 338 g/mol. The molecule has 1 N–H and O–H groups in total. The topological polar surface area (TPSA) is 63.1 Å². The summed E-state index contributed by atoms with van der Waals surface area (Å²) in [6.07, 6.45) is 0. The predicted octanol–water partition coefficient (Wildman–Crippen LogP) is 3.71. The fraction of sp³-hybridized carbons (Fsp3) is 0.154. The van der Waals surface area contributed by atoms with Gasteiger partial charge < -0.3 is 5.11 Å². The number of aromatic carboxylic acids is 1. The van der Waals surface area contributed by atoms with E-state index in [9.17, 15) is 4.79 Å². The van der Waals surface area contributed by atoms with E-state index in [1.165, 1.54) is 11.8 Å². The summed E-state index contributed by atoms with van der Waals surface area (Å²) in [6, 6.07) is 7.06. The lowest BCUT2D eigenvalue weighted by molar-refractivity contribution is 0.0695. The van der Waals surface area contributed by atoms with Gasteiger partial charge in [-0.05, 0) is 65.8 Å². The van der Waals surface area contributed by atoms with E-state index < -0.39 is 5.97 Å². The van der Waals surface area contributed by atoms with Crippen LogP contribution in [0.1, 0.15) is 21.7 Å².